The summed E-state index contributed by atoms with van der Waals surface area (Å²) in [5.41, 5.74) is 2.17. The lowest BCUT2D eigenvalue weighted by Gasteiger charge is -2.38. The van der Waals surface area contributed by atoms with Gasteiger partial charge in [0.2, 0.25) is 0 Å². The minimum Gasteiger partial charge on any atom is -0.497 e. The molecule has 1 fully saturated rings. The number of aliphatic carboxylic acids is 1. The maximum atomic E-state index is 10.7. The lowest BCUT2D eigenvalue weighted by Crippen LogP contribution is -2.45. The first-order valence-corrected chi connectivity index (χ1v) is 13.6. The van der Waals surface area contributed by atoms with Gasteiger partial charge < -0.3 is 24.7 Å². The second-order valence-electron chi connectivity index (χ2n) is 9.79. The van der Waals surface area contributed by atoms with Gasteiger partial charge in [-0.25, -0.2) is 4.79 Å². The van der Waals surface area contributed by atoms with Crippen molar-refractivity contribution in [2.24, 2.45) is 0 Å². The zero-order valence-corrected chi connectivity index (χ0v) is 23.0. The Labute approximate surface area is 227 Å². The Kier molecular flexibility index (Phi) is 9.09. The van der Waals surface area contributed by atoms with Gasteiger partial charge in [0.1, 0.15) is 24.2 Å². The van der Waals surface area contributed by atoms with Crippen LogP contribution < -0.4 is 9.47 Å². The molecule has 1 aliphatic rings. The number of carboxylic acids is 1. The summed E-state index contributed by atoms with van der Waals surface area (Å²) in [4.78, 5) is 16.4. The molecular weight excluding hydrogens is 500 g/mol. The summed E-state index contributed by atoms with van der Waals surface area (Å²) in [6.07, 6.45) is 2.54. The molecule has 0 aliphatic carbocycles. The minimum absolute atomic E-state index is 0.300. The van der Waals surface area contributed by atoms with Crippen molar-refractivity contribution < 1.29 is 24.5 Å². The molecule has 8 heteroatoms. The molecule has 1 aliphatic heterocycles. The number of aromatic amines is 1. The van der Waals surface area contributed by atoms with Gasteiger partial charge in [0.15, 0.2) is 0 Å². The smallest absolute Gasteiger partial charge is 0.327 e. The Morgan fingerprint density at radius 2 is 2.08 bits per heavy atom. The number of piperidine rings is 1. The molecule has 2 aromatic heterocycles. The molecule has 0 bridgehead atoms. The Hall–Kier alpha value is -3.33. The molecular formula is C30H36N2O5S. The number of hydrogen-bond donors (Lipinski definition) is 3. The van der Waals surface area contributed by atoms with Crippen molar-refractivity contribution in [2.75, 3.05) is 26.8 Å². The maximum Gasteiger partial charge on any atom is 0.327 e. The van der Waals surface area contributed by atoms with Crippen molar-refractivity contribution in [3.63, 3.8) is 0 Å². The van der Waals surface area contributed by atoms with Crippen LogP contribution in [0.15, 0.2) is 61.2 Å². The fourth-order valence-corrected chi connectivity index (χ4v) is 6.25. The third-order valence-corrected chi connectivity index (χ3v) is 8.23. The number of aromatic nitrogens is 1. The van der Waals surface area contributed by atoms with Crippen LogP contribution in [0.25, 0.3) is 21.0 Å². The minimum atomic E-state index is -0.981. The van der Waals surface area contributed by atoms with E-state index in [1.807, 2.05) is 42.5 Å². The highest BCUT2D eigenvalue weighted by molar-refractivity contribution is 7.19. The second-order valence-corrected chi connectivity index (χ2v) is 10.9. The molecule has 0 saturated carbocycles. The highest BCUT2D eigenvalue weighted by Crippen LogP contribution is 2.39. The number of rotatable bonds is 8. The molecule has 3 atom stereocenters. The number of fused-ring (bicyclic) bond motifs is 2. The summed E-state index contributed by atoms with van der Waals surface area (Å²) in [5.74, 6) is 1.33. The number of carbonyl (C=O) groups is 1. The van der Waals surface area contributed by atoms with E-state index in [-0.39, 0.29) is 0 Å². The normalized spacial score (nSPS) is 18.5. The number of aliphatic hydroxyl groups is 1. The van der Waals surface area contributed by atoms with Gasteiger partial charge in [-0.1, -0.05) is 12.6 Å². The van der Waals surface area contributed by atoms with Gasteiger partial charge in [-0.3, -0.25) is 4.90 Å². The SMILES string of the molecule is C=CC(=O)O.COc1ccc2cc(C3CCN(CC(O)COc4cccc5[nH]c(C)cc45)[C@@H](C)C3)sc2c1. The number of methoxy groups -OCH3 is 1. The van der Waals surface area contributed by atoms with Crippen molar-refractivity contribution in [3.8, 4) is 11.5 Å². The molecule has 0 spiro atoms. The van der Waals surface area contributed by atoms with Gasteiger partial charge in [-0.2, -0.15) is 0 Å². The van der Waals surface area contributed by atoms with E-state index in [1.165, 1.54) is 15.0 Å². The maximum absolute atomic E-state index is 10.7. The van der Waals surface area contributed by atoms with E-state index in [4.69, 9.17) is 14.6 Å². The van der Waals surface area contributed by atoms with Gasteiger partial charge >= 0.3 is 5.97 Å². The van der Waals surface area contributed by atoms with E-state index >= 15 is 0 Å². The monoisotopic (exact) mass is 536 g/mol. The topological polar surface area (TPSA) is 95.0 Å². The van der Waals surface area contributed by atoms with Crippen molar-refractivity contribution in [1.82, 2.24) is 9.88 Å². The van der Waals surface area contributed by atoms with Crippen LogP contribution in [0.5, 0.6) is 11.5 Å². The molecule has 2 unspecified atom stereocenters. The predicted octanol–water partition coefficient (Wildman–Crippen LogP) is 5.96. The molecule has 3 N–H and O–H groups in total. The van der Waals surface area contributed by atoms with Gasteiger partial charge in [0.25, 0.3) is 0 Å². The average molecular weight is 537 g/mol. The zero-order chi connectivity index (χ0) is 27.2. The molecule has 2 aromatic carbocycles. The van der Waals surface area contributed by atoms with E-state index in [9.17, 15) is 9.90 Å². The summed E-state index contributed by atoms with van der Waals surface area (Å²) in [5, 5.41) is 20.7. The van der Waals surface area contributed by atoms with Gasteiger partial charge in [0, 0.05) is 44.8 Å². The van der Waals surface area contributed by atoms with E-state index in [2.05, 4.69) is 47.7 Å². The Morgan fingerprint density at radius 1 is 1.29 bits per heavy atom. The first-order valence-electron chi connectivity index (χ1n) is 12.8. The third-order valence-electron chi connectivity index (χ3n) is 6.97. The van der Waals surface area contributed by atoms with Crippen LogP contribution in [-0.4, -0.2) is 65.0 Å². The fourth-order valence-electron chi connectivity index (χ4n) is 5.01. The molecule has 38 heavy (non-hydrogen) atoms. The lowest BCUT2D eigenvalue weighted by atomic mass is 9.90. The molecule has 7 nitrogen and oxygen atoms in total. The highest BCUT2D eigenvalue weighted by atomic mass is 32.1. The second kappa shape index (κ2) is 12.5. The van der Waals surface area contributed by atoms with E-state index in [0.29, 0.717) is 25.1 Å². The number of hydrogen-bond acceptors (Lipinski definition) is 6. The quantitative estimate of drug-likeness (QED) is 0.240. The molecule has 4 aromatic rings. The number of H-pyrrole nitrogens is 1. The number of likely N-dealkylation sites (tertiary alicyclic amines) is 1. The summed E-state index contributed by atoms with van der Waals surface area (Å²) >= 11 is 1.89. The standard InChI is InChI=1S/C27H32N2O3S.C3H4O2/c1-17-11-23-24(28-17)5-4-6-25(23)32-16-21(30)15-29-10-9-20(12-18(29)2)26-13-19-7-8-22(31-3)14-27(19)33-26;1-2-3(4)5/h4-8,11,13-14,18,20-21,28,30H,9-10,12,15-16H2,1-3H3;2H,1H2,(H,4,5)/t18-,20?,21?;/m0./s1. The van der Waals surface area contributed by atoms with Gasteiger partial charge in [-0.15, -0.1) is 11.3 Å². The van der Waals surface area contributed by atoms with Crippen molar-refractivity contribution in [1.29, 1.82) is 0 Å². The van der Waals surface area contributed by atoms with Crippen molar-refractivity contribution >= 4 is 38.3 Å². The number of nitrogens with zero attached hydrogens (tertiary/aromatic N) is 1. The molecule has 1 saturated heterocycles. The van der Waals surface area contributed by atoms with Crippen LogP contribution in [0.2, 0.25) is 0 Å². The van der Waals surface area contributed by atoms with Crippen LogP contribution in [0.3, 0.4) is 0 Å². The molecule has 5 rings (SSSR count). The summed E-state index contributed by atoms with van der Waals surface area (Å²) in [6.45, 7) is 9.21. The molecule has 0 radical (unpaired) electrons. The van der Waals surface area contributed by atoms with Gasteiger partial charge in [0.05, 0.1) is 7.11 Å². The van der Waals surface area contributed by atoms with E-state index in [1.54, 1.807) is 7.11 Å². The number of aryl methyl sites for hydroxylation is 1. The number of thiophene rings is 1. The first-order chi connectivity index (χ1) is 18.3. The van der Waals surface area contributed by atoms with Crippen LogP contribution in [0.4, 0.5) is 0 Å². The zero-order valence-electron chi connectivity index (χ0n) is 22.1. The Morgan fingerprint density at radius 3 is 2.79 bits per heavy atom. The highest BCUT2D eigenvalue weighted by Gasteiger charge is 2.29. The van der Waals surface area contributed by atoms with Crippen molar-refractivity contribution in [2.45, 2.75) is 44.8 Å². The lowest BCUT2D eigenvalue weighted by molar-refractivity contribution is -0.131. The van der Waals surface area contributed by atoms with Crippen LogP contribution >= 0.6 is 11.3 Å². The van der Waals surface area contributed by atoms with E-state index in [0.717, 1.165) is 53.6 Å². The van der Waals surface area contributed by atoms with E-state index < -0.39 is 12.1 Å². The predicted molar refractivity (Wildman–Crippen MR) is 154 cm³/mol. The molecule has 202 valence electrons. The summed E-state index contributed by atoms with van der Waals surface area (Å²) in [7, 11) is 1.72. The number of carboxylic acid groups (broad SMARTS) is 1. The van der Waals surface area contributed by atoms with Crippen LogP contribution in [-0.2, 0) is 4.79 Å². The molecule has 3 heterocycles. The first kappa shape index (κ1) is 27.7. The van der Waals surface area contributed by atoms with Crippen LogP contribution in [0.1, 0.15) is 36.3 Å². The summed E-state index contributed by atoms with van der Waals surface area (Å²) < 4.78 is 12.7. The van der Waals surface area contributed by atoms with Crippen LogP contribution in [0, 0.1) is 6.92 Å². The summed E-state index contributed by atoms with van der Waals surface area (Å²) in [6, 6.07) is 17.2. The van der Waals surface area contributed by atoms with Crippen molar-refractivity contribution in [3.05, 3.63) is 71.8 Å². The number of nitrogens with one attached hydrogen (secondary N) is 1. The Bertz CT molecular complexity index is 1390. The number of β-amino-alcohol motifs (C(OH)–C–C–N with tert-alkyl or cyclic N) is 1. The van der Waals surface area contributed by atoms with Gasteiger partial charge in [-0.05, 0) is 87.0 Å². The largest absolute Gasteiger partial charge is 0.497 e. The fraction of sp³-hybridized carbons (Fsp3) is 0.367. The third kappa shape index (κ3) is 6.75. The number of aliphatic hydroxyl groups excluding tert-OH is 1. The number of benzene rings is 2. The molecule has 0 amide bonds. The number of ether oxygens (including phenoxy) is 2. The average Bonchev–Trinajstić information content (AvgIpc) is 3.51. The Balaban J connectivity index is 0.000000617.